The van der Waals surface area contributed by atoms with Crippen molar-refractivity contribution in [3.8, 4) is 0 Å². The molecule has 1 aromatic heterocycles. The van der Waals surface area contributed by atoms with Gasteiger partial charge in [-0.2, -0.15) is 0 Å². The van der Waals surface area contributed by atoms with Crippen molar-refractivity contribution in [1.29, 1.82) is 0 Å². The van der Waals surface area contributed by atoms with Gasteiger partial charge in [0.1, 0.15) is 12.9 Å². The first kappa shape index (κ1) is 17.5. The van der Waals surface area contributed by atoms with Crippen LogP contribution in [0.4, 0.5) is 0 Å². The Labute approximate surface area is 145 Å². The van der Waals surface area contributed by atoms with Crippen LogP contribution in [0.15, 0.2) is 40.1 Å². The van der Waals surface area contributed by atoms with Crippen LogP contribution in [-0.4, -0.2) is 39.2 Å². The highest BCUT2D eigenvalue weighted by Crippen LogP contribution is 2.17. The fourth-order valence-corrected chi connectivity index (χ4v) is 2.65. The fraction of sp³-hybridized carbons (Fsp3) is 0.438. The SMILES string of the molecule is CCNC(=NCc1nncn1CC)N(C)Cc1ccccc1Br. The Bertz CT molecular complexity index is 652. The second-order valence-electron chi connectivity index (χ2n) is 5.15. The highest BCUT2D eigenvalue weighted by Gasteiger charge is 2.09. The van der Waals surface area contributed by atoms with Gasteiger partial charge in [-0.05, 0) is 25.5 Å². The monoisotopic (exact) mass is 378 g/mol. The maximum atomic E-state index is 4.68. The van der Waals surface area contributed by atoms with E-state index in [2.05, 4.69) is 67.3 Å². The van der Waals surface area contributed by atoms with Crippen LogP contribution in [0.5, 0.6) is 0 Å². The number of aromatic nitrogens is 3. The molecule has 0 aliphatic rings. The Hall–Kier alpha value is -1.89. The molecule has 0 radical (unpaired) electrons. The van der Waals surface area contributed by atoms with Gasteiger partial charge in [-0.3, -0.25) is 0 Å². The molecule has 0 aliphatic heterocycles. The minimum absolute atomic E-state index is 0.510. The summed E-state index contributed by atoms with van der Waals surface area (Å²) in [5, 5.41) is 11.4. The van der Waals surface area contributed by atoms with Crippen molar-refractivity contribution in [3.63, 3.8) is 0 Å². The van der Waals surface area contributed by atoms with E-state index in [1.54, 1.807) is 6.33 Å². The normalized spacial score (nSPS) is 11.6. The van der Waals surface area contributed by atoms with Gasteiger partial charge in [0.15, 0.2) is 11.8 Å². The quantitative estimate of drug-likeness (QED) is 0.619. The number of rotatable bonds is 6. The second-order valence-corrected chi connectivity index (χ2v) is 6.01. The highest BCUT2D eigenvalue weighted by atomic mass is 79.9. The van der Waals surface area contributed by atoms with E-state index in [0.29, 0.717) is 6.54 Å². The summed E-state index contributed by atoms with van der Waals surface area (Å²) in [5.74, 6) is 1.73. The van der Waals surface area contributed by atoms with Crippen LogP contribution in [0.25, 0.3) is 0 Å². The predicted octanol–water partition coefficient (Wildman–Crippen LogP) is 2.66. The zero-order valence-corrected chi connectivity index (χ0v) is 15.4. The molecule has 0 aliphatic carbocycles. The van der Waals surface area contributed by atoms with E-state index in [4.69, 9.17) is 0 Å². The zero-order valence-electron chi connectivity index (χ0n) is 13.8. The third kappa shape index (κ3) is 4.79. The average Bonchev–Trinajstić information content (AvgIpc) is 3.01. The molecule has 0 fully saturated rings. The topological polar surface area (TPSA) is 58.3 Å². The van der Waals surface area contributed by atoms with Crippen molar-refractivity contribution in [2.75, 3.05) is 13.6 Å². The lowest BCUT2D eigenvalue weighted by Gasteiger charge is -2.22. The number of nitrogens with one attached hydrogen (secondary N) is 1. The Kier molecular flexibility index (Phi) is 6.58. The van der Waals surface area contributed by atoms with Gasteiger partial charge >= 0.3 is 0 Å². The van der Waals surface area contributed by atoms with Gasteiger partial charge in [0.2, 0.25) is 0 Å². The first-order valence-corrected chi connectivity index (χ1v) is 8.54. The molecule has 2 aromatic rings. The molecule has 0 bridgehead atoms. The molecule has 1 heterocycles. The molecule has 0 atom stereocenters. The molecule has 2 rings (SSSR count). The van der Waals surface area contributed by atoms with E-state index >= 15 is 0 Å². The first-order valence-electron chi connectivity index (χ1n) is 7.75. The Morgan fingerprint density at radius 3 is 2.83 bits per heavy atom. The zero-order chi connectivity index (χ0) is 16.7. The third-order valence-corrected chi connectivity index (χ3v) is 4.24. The van der Waals surface area contributed by atoms with Crippen LogP contribution in [0.1, 0.15) is 25.2 Å². The van der Waals surface area contributed by atoms with E-state index in [1.807, 2.05) is 23.7 Å². The van der Waals surface area contributed by atoms with Crippen molar-refractivity contribution >= 4 is 21.9 Å². The summed E-state index contributed by atoms with van der Waals surface area (Å²) in [7, 11) is 2.03. The number of hydrogen-bond donors (Lipinski definition) is 1. The number of aryl methyl sites for hydroxylation is 1. The summed E-state index contributed by atoms with van der Waals surface area (Å²) in [6.45, 7) is 7.09. The molecule has 0 unspecified atom stereocenters. The number of benzene rings is 1. The predicted molar refractivity (Wildman–Crippen MR) is 96.1 cm³/mol. The summed E-state index contributed by atoms with van der Waals surface area (Å²) in [5.41, 5.74) is 1.22. The lowest BCUT2D eigenvalue weighted by molar-refractivity contribution is 0.475. The molecule has 1 N–H and O–H groups in total. The van der Waals surface area contributed by atoms with E-state index in [0.717, 1.165) is 35.9 Å². The Balaban J connectivity index is 2.10. The number of halogens is 1. The molecule has 0 saturated heterocycles. The van der Waals surface area contributed by atoms with Crippen molar-refractivity contribution in [3.05, 3.63) is 46.5 Å². The third-order valence-electron chi connectivity index (χ3n) is 3.47. The van der Waals surface area contributed by atoms with Gasteiger partial charge in [-0.15, -0.1) is 10.2 Å². The largest absolute Gasteiger partial charge is 0.357 e. The van der Waals surface area contributed by atoms with Crippen LogP contribution in [-0.2, 0) is 19.6 Å². The molecular formula is C16H23BrN6. The van der Waals surface area contributed by atoms with Crippen molar-refractivity contribution in [2.24, 2.45) is 4.99 Å². The standard InChI is InChI=1S/C16H23BrN6/c1-4-18-16(19-10-15-21-20-12-23(15)5-2)22(3)11-13-8-6-7-9-14(13)17/h6-9,12H,4-5,10-11H2,1-3H3,(H,18,19). The van der Waals surface area contributed by atoms with Gasteiger partial charge in [0.25, 0.3) is 0 Å². The molecule has 6 nitrogen and oxygen atoms in total. The Morgan fingerprint density at radius 1 is 1.35 bits per heavy atom. The molecule has 0 amide bonds. The van der Waals surface area contributed by atoms with Gasteiger partial charge in [0.05, 0.1) is 0 Å². The van der Waals surface area contributed by atoms with Crippen LogP contribution < -0.4 is 5.32 Å². The van der Waals surface area contributed by atoms with Crippen LogP contribution in [0.3, 0.4) is 0 Å². The van der Waals surface area contributed by atoms with Crippen LogP contribution in [0, 0.1) is 0 Å². The number of aliphatic imine (C=N–C) groups is 1. The van der Waals surface area contributed by atoms with Crippen molar-refractivity contribution < 1.29 is 0 Å². The minimum Gasteiger partial charge on any atom is -0.357 e. The van der Waals surface area contributed by atoms with Crippen molar-refractivity contribution in [1.82, 2.24) is 25.0 Å². The van der Waals surface area contributed by atoms with Crippen LogP contribution >= 0.6 is 15.9 Å². The molecule has 0 spiro atoms. The number of nitrogens with zero attached hydrogens (tertiary/aromatic N) is 5. The molecule has 0 saturated carbocycles. The fourth-order valence-electron chi connectivity index (χ4n) is 2.24. The molecule has 124 valence electrons. The minimum atomic E-state index is 0.510. The smallest absolute Gasteiger partial charge is 0.194 e. The van der Waals surface area contributed by atoms with Crippen LogP contribution in [0.2, 0.25) is 0 Å². The van der Waals surface area contributed by atoms with Gasteiger partial charge < -0.3 is 14.8 Å². The first-order chi connectivity index (χ1) is 11.2. The maximum Gasteiger partial charge on any atom is 0.194 e. The van der Waals surface area contributed by atoms with Crippen molar-refractivity contribution in [2.45, 2.75) is 33.5 Å². The molecular weight excluding hydrogens is 356 g/mol. The summed E-state index contributed by atoms with van der Waals surface area (Å²) >= 11 is 3.59. The van der Waals surface area contributed by atoms with E-state index in [9.17, 15) is 0 Å². The summed E-state index contributed by atoms with van der Waals surface area (Å²) in [4.78, 5) is 6.79. The maximum absolute atomic E-state index is 4.68. The average molecular weight is 379 g/mol. The molecule has 23 heavy (non-hydrogen) atoms. The lowest BCUT2D eigenvalue weighted by Crippen LogP contribution is -2.38. The van der Waals surface area contributed by atoms with E-state index < -0.39 is 0 Å². The lowest BCUT2D eigenvalue weighted by atomic mass is 10.2. The number of hydrogen-bond acceptors (Lipinski definition) is 3. The summed E-state index contributed by atoms with van der Waals surface area (Å²) in [6, 6.07) is 8.22. The number of guanidine groups is 1. The van der Waals surface area contributed by atoms with Gasteiger partial charge in [-0.25, -0.2) is 4.99 Å². The van der Waals surface area contributed by atoms with Gasteiger partial charge in [-0.1, -0.05) is 34.1 Å². The summed E-state index contributed by atoms with van der Waals surface area (Å²) in [6.07, 6.45) is 1.74. The molecule has 1 aromatic carbocycles. The van der Waals surface area contributed by atoms with Gasteiger partial charge in [0, 0.05) is 31.2 Å². The summed E-state index contributed by atoms with van der Waals surface area (Å²) < 4.78 is 3.11. The van der Waals surface area contributed by atoms with E-state index in [-0.39, 0.29) is 0 Å². The Morgan fingerprint density at radius 2 is 2.13 bits per heavy atom. The molecule has 7 heteroatoms. The second kappa shape index (κ2) is 8.67. The van der Waals surface area contributed by atoms with E-state index in [1.165, 1.54) is 5.56 Å². The highest BCUT2D eigenvalue weighted by molar-refractivity contribution is 9.10.